The van der Waals surface area contributed by atoms with Crippen molar-refractivity contribution in [1.82, 2.24) is 10.6 Å². The summed E-state index contributed by atoms with van der Waals surface area (Å²) in [4.78, 5) is 14.1. The third kappa shape index (κ3) is 3.84. The molecular formula is C17H27ClN2OS. The van der Waals surface area contributed by atoms with E-state index in [1.54, 1.807) is 11.3 Å². The van der Waals surface area contributed by atoms with Crippen molar-refractivity contribution in [3.8, 4) is 0 Å². The summed E-state index contributed by atoms with van der Waals surface area (Å²) in [5.41, 5.74) is -0.236. The van der Waals surface area contributed by atoms with Crippen LogP contribution in [0.2, 0.25) is 0 Å². The molecule has 2 aliphatic rings. The monoisotopic (exact) mass is 342 g/mol. The molecule has 2 heterocycles. The number of amides is 1. The average Bonchev–Trinajstić information content (AvgIpc) is 3.21. The second-order valence-electron chi connectivity index (χ2n) is 6.52. The number of nitrogens with one attached hydrogen (secondary N) is 2. The van der Waals surface area contributed by atoms with Gasteiger partial charge in [-0.25, -0.2) is 0 Å². The first-order valence-corrected chi connectivity index (χ1v) is 9.22. The van der Waals surface area contributed by atoms with E-state index in [2.05, 4.69) is 28.1 Å². The lowest BCUT2D eigenvalue weighted by Crippen LogP contribution is -2.45. The highest BCUT2D eigenvalue weighted by atomic mass is 35.5. The largest absolute Gasteiger partial charge is 0.355 e. The van der Waals surface area contributed by atoms with Crippen molar-refractivity contribution >= 4 is 29.7 Å². The Balaban J connectivity index is 0.00000176. The molecule has 1 unspecified atom stereocenters. The van der Waals surface area contributed by atoms with Gasteiger partial charge in [-0.15, -0.1) is 23.7 Å². The van der Waals surface area contributed by atoms with Crippen LogP contribution in [0.15, 0.2) is 17.5 Å². The molecule has 1 atom stereocenters. The molecule has 1 saturated heterocycles. The topological polar surface area (TPSA) is 41.1 Å². The minimum Gasteiger partial charge on any atom is -0.355 e. The Morgan fingerprint density at radius 3 is 2.82 bits per heavy atom. The highest BCUT2D eigenvalue weighted by Gasteiger charge is 2.41. The summed E-state index contributed by atoms with van der Waals surface area (Å²) in [5.74, 6) is 1.02. The predicted octanol–water partition coefficient (Wildman–Crippen LogP) is 3.49. The molecule has 3 rings (SSSR count). The van der Waals surface area contributed by atoms with E-state index in [0.717, 1.165) is 44.8 Å². The molecule has 1 aliphatic heterocycles. The fourth-order valence-corrected chi connectivity index (χ4v) is 4.79. The first kappa shape index (κ1) is 17.8. The van der Waals surface area contributed by atoms with Crippen LogP contribution in [-0.4, -0.2) is 25.5 Å². The minimum absolute atomic E-state index is 0. The van der Waals surface area contributed by atoms with Gasteiger partial charge in [0.25, 0.3) is 0 Å². The van der Waals surface area contributed by atoms with Crippen LogP contribution in [-0.2, 0) is 10.2 Å². The molecular weight excluding hydrogens is 316 g/mol. The summed E-state index contributed by atoms with van der Waals surface area (Å²) in [5, 5.41) is 8.74. The van der Waals surface area contributed by atoms with E-state index in [1.165, 1.54) is 30.6 Å². The molecule has 22 heavy (non-hydrogen) atoms. The molecule has 1 aromatic heterocycles. The molecule has 2 fully saturated rings. The van der Waals surface area contributed by atoms with Gasteiger partial charge in [-0.3, -0.25) is 4.79 Å². The van der Waals surface area contributed by atoms with Gasteiger partial charge >= 0.3 is 0 Å². The van der Waals surface area contributed by atoms with Crippen molar-refractivity contribution in [2.24, 2.45) is 5.92 Å². The fraction of sp³-hybridized carbons (Fsp3) is 0.706. The summed E-state index contributed by atoms with van der Waals surface area (Å²) in [6.45, 7) is 3.09. The first-order chi connectivity index (χ1) is 10.3. The van der Waals surface area contributed by atoms with Crippen LogP contribution in [0.4, 0.5) is 0 Å². The number of carbonyl (C=O) groups is 1. The Hall–Kier alpha value is -0.580. The molecule has 0 bridgehead atoms. The zero-order valence-electron chi connectivity index (χ0n) is 13.1. The van der Waals surface area contributed by atoms with Crippen LogP contribution in [0.1, 0.15) is 49.8 Å². The van der Waals surface area contributed by atoms with Gasteiger partial charge in [0.1, 0.15) is 0 Å². The van der Waals surface area contributed by atoms with Gasteiger partial charge in [-0.1, -0.05) is 25.3 Å². The normalized spacial score (nSPS) is 23.7. The van der Waals surface area contributed by atoms with Crippen LogP contribution < -0.4 is 10.6 Å². The molecule has 1 aromatic rings. The summed E-state index contributed by atoms with van der Waals surface area (Å²) in [7, 11) is 0. The van der Waals surface area contributed by atoms with E-state index < -0.39 is 0 Å². The van der Waals surface area contributed by atoms with Gasteiger partial charge in [0.05, 0.1) is 5.41 Å². The molecule has 1 aliphatic carbocycles. The van der Waals surface area contributed by atoms with Crippen molar-refractivity contribution in [2.75, 3.05) is 19.6 Å². The van der Waals surface area contributed by atoms with Gasteiger partial charge in [0.15, 0.2) is 0 Å². The Morgan fingerprint density at radius 1 is 1.36 bits per heavy atom. The predicted molar refractivity (Wildman–Crippen MR) is 94.9 cm³/mol. The number of hydrogen-bond acceptors (Lipinski definition) is 3. The molecule has 3 nitrogen and oxygen atoms in total. The van der Waals surface area contributed by atoms with Crippen molar-refractivity contribution < 1.29 is 4.79 Å². The van der Waals surface area contributed by atoms with Crippen LogP contribution in [0.3, 0.4) is 0 Å². The Morgan fingerprint density at radius 2 is 2.18 bits per heavy atom. The number of halogens is 1. The van der Waals surface area contributed by atoms with E-state index in [1.807, 2.05) is 0 Å². The molecule has 124 valence electrons. The van der Waals surface area contributed by atoms with Gasteiger partial charge in [-0.2, -0.15) is 0 Å². The Labute approximate surface area is 143 Å². The number of rotatable bonds is 5. The first-order valence-electron chi connectivity index (χ1n) is 8.34. The van der Waals surface area contributed by atoms with Gasteiger partial charge in [0, 0.05) is 11.4 Å². The van der Waals surface area contributed by atoms with Crippen LogP contribution >= 0.6 is 23.7 Å². The molecule has 0 aromatic carbocycles. The van der Waals surface area contributed by atoms with E-state index in [4.69, 9.17) is 0 Å². The molecule has 1 saturated carbocycles. The number of carbonyl (C=O) groups excluding carboxylic acids is 1. The lowest BCUT2D eigenvalue weighted by atomic mass is 9.72. The summed E-state index contributed by atoms with van der Waals surface area (Å²) < 4.78 is 0. The lowest BCUT2D eigenvalue weighted by molar-refractivity contribution is -0.128. The fourth-order valence-electron chi connectivity index (χ4n) is 3.81. The Kier molecular flexibility index (Phi) is 6.72. The number of hydrogen-bond donors (Lipinski definition) is 2. The molecule has 2 N–H and O–H groups in total. The smallest absolute Gasteiger partial charge is 0.231 e. The molecule has 1 amide bonds. The quantitative estimate of drug-likeness (QED) is 0.860. The second-order valence-corrected chi connectivity index (χ2v) is 7.47. The van der Waals surface area contributed by atoms with Crippen molar-refractivity contribution in [2.45, 2.75) is 50.4 Å². The van der Waals surface area contributed by atoms with Crippen molar-refractivity contribution in [3.05, 3.63) is 22.4 Å². The minimum atomic E-state index is -0.236. The highest BCUT2D eigenvalue weighted by molar-refractivity contribution is 7.10. The summed E-state index contributed by atoms with van der Waals surface area (Å²) in [6, 6.07) is 4.23. The van der Waals surface area contributed by atoms with E-state index in [-0.39, 0.29) is 23.7 Å². The molecule has 0 spiro atoms. The molecule has 0 radical (unpaired) electrons. The van der Waals surface area contributed by atoms with Crippen LogP contribution in [0, 0.1) is 5.92 Å². The van der Waals surface area contributed by atoms with Gasteiger partial charge < -0.3 is 10.6 Å². The Bertz CT molecular complexity index is 451. The molecule has 5 heteroatoms. The van der Waals surface area contributed by atoms with Crippen molar-refractivity contribution in [1.29, 1.82) is 0 Å². The number of thiophene rings is 1. The average molecular weight is 343 g/mol. The maximum Gasteiger partial charge on any atom is 0.231 e. The standard InChI is InChI=1S/C17H26N2OS.ClH/c20-16(19-11-7-14-6-10-18-13-14)17(8-2-1-3-9-17)15-5-4-12-21-15;/h4-5,12,14,18H,1-3,6-11,13H2,(H,19,20);1H. The zero-order chi connectivity index (χ0) is 14.5. The zero-order valence-corrected chi connectivity index (χ0v) is 14.7. The van der Waals surface area contributed by atoms with Gasteiger partial charge in [-0.05, 0) is 56.1 Å². The van der Waals surface area contributed by atoms with E-state index in [0.29, 0.717) is 0 Å². The highest BCUT2D eigenvalue weighted by Crippen LogP contribution is 2.41. The van der Waals surface area contributed by atoms with Crippen molar-refractivity contribution in [3.63, 3.8) is 0 Å². The second kappa shape index (κ2) is 8.32. The van der Waals surface area contributed by atoms with E-state index in [9.17, 15) is 4.79 Å². The van der Waals surface area contributed by atoms with Gasteiger partial charge in [0.2, 0.25) is 5.91 Å². The maximum atomic E-state index is 12.9. The lowest BCUT2D eigenvalue weighted by Gasteiger charge is -2.35. The summed E-state index contributed by atoms with van der Waals surface area (Å²) >= 11 is 1.74. The summed E-state index contributed by atoms with van der Waals surface area (Å²) in [6.07, 6.45) is 8.03. The third-order valence-corrected chi connectivity index (χ3v) is 6.21. The SMILES string of the molecule is Cl.O=C(NCCC1CCNC1)C1(c2cccs2)CCCCC1. The van der Waals surface area contributed by atoms with Crippen LogP contribution in [0.25, 0.3) is 0 Å². The van der Waals surface area contributed by atoms with E-state index >= 15 is 0 Å². The maximum absolute atomic E-state index is 12.9. The third-order valence-electron chi connectivity index (χ3n) is 5.14. The van der Waals surface area contributed by atoms with Crippen LogP contribution in [0.5, 0.6) is 0 Å².